The molecule has 0 atom stereocenters. The lowest BCUT2D eigenvalue weighted by Crippen LogP contribution is -1.98. The number of aromatic nitrogens is 5. The average Bonchev–Trinajstić information content (AvgIpc) is 3.00. The van der Waals surface area contributed by atoms with Crippen molar-refractivity contribution >= 4 is 28.1 Å². The summed E-state index contributed by atoms with van der Waals surface area (Å²) >= 11 is 2.80. The Kier molecular flexibility index (Phi) is 2.95. The van der Waals surface area contributed by atoms with Crippen molar-refractivity contribution < 1.29 is 0 Å². The maximum Gasteiger partial charge on any atom is 0.221 e. The number of benzene rings is 1. The number of tetrazole rings is 1. The van der Waals surface area contributed by atoms with Gasteiger partial charge in [0.05, 0.1) is 11.9 Å². The molecular weight excluding hydrogens is 268 g/mol. The molecule has 18 heavy (non-hydrogen) atoms. The van der Waals surface area contributed by atoms with E-state index in [1.54, 1.807) is 10.9 Å². The lowest BCUT2D eigenvalue weighted by atomic mass is 10.3. The van der Waals surface area contributed by atoms with Gasteiger partial charge in [0.15, 0.2) is 4.34 Å². The first-order chi connectivity index (χ1) is 8.83. The molecule has 2 N–H and O–H groups in total. The highest BCUT2D eigenvalue weighted by Crippen LogP contribution is 2.31. The molecule has 0 spiro atoms. The summed E-state index contributed by atoms with van der Waals surface area (Å²) in [7, 11) is 0. The Labute approximate surface area is 111 Å². The van der Waals surface area contributed by atoms with Gasteiger partial charge in [0.1, 0.15) is 5.00 Å². The molecule has 0 aliphatic carbocycles. The third-order valence-corrected chi connectivity index (χ3v) is 3.96. The molecule has 3 aromatic rings. The third kappa shape index (κ3) is 2.20. The van der Waals surface area contributed by atoms with Gasteiger partial charge < -0.3 is 5.73 Å². The zero-order valence-corrected chi connectivity index (χ0v) is 10.7. The molecule has 3 rings (SSSR count). The zero-order valence-electron chi connectivity index (χ0n) is 9.09. The van der Waals surface area contributed by atoms with Gasteiger partial charge >= 0.3 is 0 Å². The molecule has 0 amide bonds. The maximum absolute atomic E-state index is 5.64. The average molecular weight is 276 g/mol. The number of nitrogen functional groups attached to an aromatic ring is 1. The van der Waals surface area contributed by atoms with Gasteiger partial charge in [-0.05, 0) is 34.3 Å². The van der Waals surface area contributed by atoms with Crippen LogP contribution in [0.25, 0.3) is 5.69 Å². The molecule has 6 nitrogen and oxygen atoms in total. The molecule has 0 fully saturated rings. The van der Waals surface area contributed by atoms with E-state index in [-0.39, 0.29) is 0 Å². The Hall–Kier alpha value is -1.93. The van der Waals surface area contributed by atoms with Crippen LogP contribution in [0.5, 0.6) is 0 Å². The number of rotatable bonds is 3. The Balaban J connectivity index is 1.93. The van der Waals surface area contributed by atoms with Crippen molar-refractivity contribution in [2.24, 2.45) is 0 Å². The van der Waals surface area contributed by atoms with Gasteiger partial charge in [-0.1, -0.05) is 29.5 Å². The van der Waals surface area contributed by atoms with Crippen LogP contribution in [-0.2, 0) is 0 Å². The quantitative estimate of drug-likeness (QED) is 0.786. The molecule has 90 valence electrons. The fraction of sp³-hybridized carbons (Fsp3) is 0. The lowest BCUT2D eigenvalue weighted by molar-refractivity contribution is 0.756. The van der Waals surface area contributed by atoms with Crippen LogP contribution in [0.15, 0.2) is 46.0 Å². The van der Waals surface area contributed by atoms with E-state index in [0.29, 0.717) is 10.2 Å². The molecule has 0 radical (unpaired) electrons. The summed E-state index contributed by atoms with van der Waals surface area (Å²) in [4.78, 5) is 4.17. The molecule has 0 unspecified atom stereocenters. The van der Waals surface area contributed by atoms with E-state index in [0.717, 1.165) is 10.0 Å². The number of anilines is 1. The highest BCUT2D eigenvalue weighted by molar-refractivity contribution is 8.01. The SMILES string of the molecule is Nc1cnc(Sc2nnnn2-c2ccccc2)s1. The van der Waals surface area contributed by atoms with Gasteiger partial charge in [-0.25, -0.2) is 4.98 Å². The molecule has 1 aromatic carbocycles. The molecule has 0 aliphatic rings. The van der Waals surface area contributed by atoms with Gasteiger partial charge in [-0.2, -0.15) is 4.68 Å². The first-order valence-corrected chi connectivity index (χ1v) is 6.69. The first kappa shape index (κ1) is 11.2. The van der Waals surface area contributed by atoms with Crippen LogP contribution in [0.4, 0.5) is 5.00 Å². The first-order valence-electron chi connectivity index (χ1n) is 5.06. The van der Waals surface area contributed by atoms with E-state index in [4.69, 9.17) is 5.73 Å². The molecular formula is C10H8N6S2. The van der Waals surface area contributed by atoms with Gasteiger partial charge in [0.2, 0.25) is 5.16 Å². The van der Waals surface area contributed by atoms with Crippen LogP contribution < -0.4 is 5.73 Å². The number of para-hydroxylation sites is 1. The van der Waals surface area contributed by atoms with E-state index >= 15 is 0 Å². The van der Waals surface area contributed by atoms with Crippen molar-refractivity contribution in [3.63, 3.8) is 0 Å². The van der Waals surface area contributed by atoms with Crippen molar-refractivity contribution in [3.05, 3.63) is 36.5 Å². The fourth-order valence-corrected chi connectivity index (χ4v) is 3.03. The number of thiazole rings is 1. The van der Waals surface area contributed by atoms with E-state index in [9.17, 15) is 0 Å². The molecule has 0 bridgehead atoms. The van der Waals surface area contributed by atoms with Crippen molar-refractivity contribution in [1.29, 1.82) is 0 Å². The van der Waals surface area contributed by atoms with Crippen molar-refractivity contribution in [3.8, 4) is 5.69 Å². The topological polar surface area (TPSA) is 82.5 Å². The lowest BCUT2D eigenvalue weighted by Gasteiger charge is -2.01. The van der Waals surface area contributed by atoms with Crippen LogP contribution in [0.1, 0.15) is 0 Å². The summed E-state index contributed by atoms with van der Waals surface area (Å²) in [5, 5.41) is 13.0. The Bertz CT molecular complexity index is 647. The number of nitrogens with two attached hydrogens (primary N) is 1. The fourth-order valence-electron chi connectivity index (χ4n) is 1.37. The maximum atomic E-state index is 5.64. The summed E-state index contributed by atoms with van der Waals surface area (Å²) in [6.45, 7) is 0. The molecule has 8 heteroatoms. The number of hydrogen-bond donors (Lipinski definition) is 1. The van der Waals surface area contributed by atoms with Gasteiger partial charge in [-0.3, -0.25) is 0 Å². The van der Waals surface area contributed by atoms with Crippen molar-refractivity contribution in [2.45, 2.75) is 9.50 Å². The smallest absolute Gasteiger partial charge is 0.221 e. The van der Waals surface area contributed by atoms with Gasteiger partial charge in [0.25, 0.3) is 0 Å². The van der Waals surface area contributed by atoms with Crippen LogP contribution >= 0.6 is 23.1 Å². The second-order valence-corrected chi connectivity index (χ2v) is 5.62. The standard InChI is InChI=1S/C10H8N6S2/c11-8-6-12-10(17-8)18-9-13-14-15-16(9)7-4-2-1-3-5-7/h1-6H,11H2. The predicted octanol–water partition coefficient (Wildman–Crippen LogP) is 1.85. The van der Waals surface area contributed by atoms with Crippen LogP contribution in [0.3, 0.4) is 0 Å². The molecule has 2 aromatic heterocycles. The van der Waals surface area contributed by atoms with E-state index in [1.165, 1.54) is 23.1 Å². The predicted molar refractivity (Wildman–Crippen MR) is 69.8 cm³/mol. The monoisotopic (exact) mass is 276 g/mol. The summed E-state index contributed by atoms with van der Waals surface area (Å²) < 4.78 is 2.49. The Morgan fingerprint density at radius 1 is 1.22 bits per heavy atom. The zero-order chi connectivity index (χ0) is 12.4. The van der Waals surface area contributed by atoms with E-state index in [1.807, 2.05) is 30.3 Å². The molecule has 0 aliphatic heterocycles. The second-order valence-electron chi connectivity index (χ2n) is 3.34. The van der Waals surface area contributed by atoms with Crippen molar-refractivity contribution in [2.75, 3.05) is 5.73 Å². The highest BCUT2D eigenvalue weighted by atomic mass is 32.2. The van der Waals surface area contributed by atoms with Gasteiger partial charge in [-0.15, -0.1) is 5.10 Å². The Morgan fingerprint density at radius 2 is 2.06 bits per heavy atom. The summed E-state index contributed by atoms with van der Waals surface area (Å²) in [6.07, 6.45) is 1.63. The highest BCUT2D eigenvalue weighted by Gasteiger charge is 2.11. The normalized spacial score (nSPS) is 10.7. The minimum absolute atomic E-state index is 0.663. The summed E-state index contributed by atoms with van der Waals surface area (Å²) in [5.74, 6) is 0. The molecule has 0 saturated heterocycles. The third-order valence-electron chi connectivity index (χ3n) is 2.12. The van der Waals surface area contributed by atoms with Crippen LogP contribution in [0.2, 0.25) is 0 Å². The van der Waals surface area contributed by atoms with Crippen molar-refractivity contribution in [1.82, 2.24) is 25.2 Å². The largest absolute Gasteiger partial charge is 0.389 e. The Morgan fingerprint density at radius 3 is 2.78 bits per heavy atom. The van der Waals surface area contributed by atoms with Crippen LogP contribution in [-0.4, -0.2) is 25.2 Å². The second kappa shape index (κ2) is 4.75. The van der Waals surface area contributed by atoms with E-state index < -0.39 is 0 Å². The minimum Gasteiger partial charge on any atom is -0.389 e. The summed E-state index contributed by atoms with van der Waals surface area (Å²) in [6, 6.07) is 9.70. The minimum atomic E-state index is 0.663. The summed E-state index contributed by atoms with van der Waals surface area (Å²) in [5.41, 5.74) is 6.55. The molecule has 2 heterocycles. The molecule has 0 saturated carbocycles. The number of nitrogens with zero attached hydrogens (tertiary/aromatic N) is 5. The van der Waals surface area contributed by atoms with E-state index in [2.05, 4.69) is 20.5 Å². The number of hydrogen-bond acceptors (Lipinski definition) is 7. The van der Waals surface area contributed by atoms with Crippen LogP contribution in [0, 0.1) is 0 Å². The van der Waals surface area contributed by atoms with Gasteiger partial charge in [0, 0.05) is 0 Å².